The molecule has 0 fully saturated rings. The first-order valence-corrected chi connectivity index (χ1v) is 13.6. The van der Waals surface area contributed by atoms with Crippen LogP contribution in [0.2, 0.25) is 0 Å². The van der Waals surface area contributed by atoms with E-state index < -0.39 is 0 Å². The number of rotatable bonds is 4. The van der Waals surface area contributed by atoms with Gasteiger partial charge in [0.05, 0.1) is 22.1 Å². The Morgan fingerprint density at radius 2 is 0.950 bits per heavy atom. The van der Waals surface area contributed by atoms with Crippen LogP contribution in [0.5, 0.6) is 0 Å². The van der Waals surface area contributed by atoms with Gasteiger partial charge < -0.3 is 9.47 Å². The summed E-state index contributed by atoms with van der Waals surface area (Å²) in [6.07, 6.45) is 0. The quantitative estimate of drug-likeness (QED) is 0.236. The Bertz CT molecular complexity index is 1780. The van der Waals surface area contributed by atoms with Crippen LogP contribution >= 0.6 is 0 Å². The zero-order valence-electron chi connectivity index (χ0n) is 23.1. The lowest BCUT2D eigenvalue weighted by Crippen LogP contribution is -2.50. The molecule has 0 unspecified atom stereocenters. The zero-order chi connectivity index (χ0) is 27.5. The molecule has 2 aromatic heterocycles. The minimum Gasteiger partial charge on any atom is -0.304 e. The normalized spacial score (nSPS) is 15.3. The molecule has 3 heterocycles. The number of aromatic nitrogens is 5. The first kappa shape index (κ1) is 24.2. The van der Waals surface area contributed by atoms with Crippen LogP contribution in [0.4, 0.5) is 11.6 Å². The third kappa shape index (κ3) is 3.63. The fourth-order valence-corrected chi connectivity index (χ4v) is 5.65. The summed E-state index contributed by atoms with van der Waals surface area (Å²) in [5, 5.41) is 0. The van der Waals surface area contributed by atoms with E-state index in [9.17, 15) is 0 Å². The molecule has 4 aromatic carbocycles. The van der Waals surface area contributed by atoms with Crippen LogP contribution in [0.15, 0.2) is 109 Å². The number of hydrogen-bond acceptors (Lipinski definition) is 5. The first-order valence-electron chi connectivity index (χ1n) is 13.6. The molecule has 0 bridgehead atoms. The van der Waals surface area contributed by atoms with Crippen molar-refractivity contribution < 1.29 is 0 Å². The summed E-state index contributed by atoms with van der Waals surface area (Å²) in [5.74, 6) is 2.92. The van der Waals surface area contributed by atoms with E-state index in [4.69, 9.17) is 19.9 Å². The molecule has 1 aliphatic rings. The Hall–Kier alpha value is -4.84. The number of benzene rings is 4. The molecule has 0 saturated carbocycles. The van der Waals surface area contributed by atoms with E-state index in [0.29, 0.717) is 17.5 Å². The van der Waals surface area contributed by atoms with Crippen molar-refractivity contribution in [2.75, 3.05) is 4.90 Å². The van der Waals surface area contributed by atoms with Gasteiger partial charge in [0.2, 0.25) is 5.95 Å². The largest absolute Gasteiger partial charge is 0.304 e. The molecule has 0 radical (unpaired) electrons. The lowest BCUT2D eigenvalue weighted by Gasteiger charge is -2.41. The Kier molecular flexibility index (Phi) is 5.36. The Morgan fingerprint density at radius 1 is 0.475 bits per heavy atom. The standard InChI is InChI=1S/C34H30N6/c1-33(2)34(3,4)40-28-18-12-11-17-27(28)35-32(40)39(33)26-21-19-25(20-22-26)31-37-29(23-13-7-5-8-14-23)36-30(38-31)24-15-9-6-10-16-24/h5-22H,1-4H3. The first-order chi connectivity index (χ1) is 19.3. The minimum absolute atomic E-state index is 0.180. The molecule has 196 valence electrons. The van der Waals surface area contributed by atoms with Gasteiger partial charge in [-0.3, -0.25) is 0 Å². The molecule has 0 aliphatic carbocycles. The maximum atomic E-state index is 5.07. The predicted octanol–water partition coefficient (Wildman–Crippen LogP) is 7.89. The second-order valence-electron chi connectivity index (χ2n) is 11.3. The molecule has 6 nitrogen and oxygen atoms in total. The maximum absolute atomic E-state index is 5.07. The van der Waals surface area contributed by atoms with Crippen LogP contribution in [0.1, 0.15) is 27.7 Å². The van der Waals surface area contributed by atoms with Crippen LogP contribution in [-0.4, -0.2) is 30.0 Å². The monoisotopic (exact) mass is 522 g/mol. The minimum atomic E-state index is -0.213. The topological polar surface area (TPSA) is 59.7 Å². The van der Waals surface area contributed by atoms with Gasteiger partial charge in [0.25, 0.3) is 0 Å². The number of hydrogen-bond donors (Lipinski definition) is 0. The molecule has 0 N–H and O–H groups in total. The molecule has 0 amide bonds. The molecular formula is C34H30N6. The average molecular weight is 523 g/mol. The van der Waals surface area contributed by atoms with Gasteiger partial charge in [-0.05, 0) is 64.1 Å². The van der Waals surface area contributed by atoms with Gasteiger partial charge >= 0.3 is 0 Å². The molecular weight excluding hydrogens is 492 g/mol. The summed E-state index contributed by atoms with van der Waals surface area (Å²) < 4.78 is 2.38. The molecule has 7 rings (SSSR count). The highest BCUT2D eigenvalue weighted by Crippen LogP contribution is 2.51. The van der Waals surface area contributed by atoms with E-state index in [1.807, 2.05) is 66.7 Å². The average Bonchev–Trinajstić information content (AvgIpc) is 3.44. The van der Waals surface area contributed by atoms with Gasteiger partial charge in [0.15, 0.2) is 17.5 Å². The number of nitrogens with zero attached hydrogens (tertiary/aromatic N) is 6. The lowest BCUT2D eigenvalue weighted by atomic mass is 9.82. The smallest absolute Gasteiger partial charge is 0.212 e. The van der Waals surface area contributed by atoms with E-state index in [1.54, 1.807) is 0 Å². The summed E-state index contributed by atoms with van der Waals surface area (Å²) in [5.41, 5.74) is 5.70. The zero-order valence-corrected chi connectivity index (χ0v) is 23.1. The second kappa shape index (κ2) is 8.85. The van der Waals surface area contributed by atoms with Gasteiger partial charge in [0.1, 0.15) is 0 Å². The second-order valence-corrected chi connectivity index (χ2v) is 11.3. The van der Waals surface area contributed by atoms with E-state index in [2.05, 4.69) is 79.6 Å². The van der Waals surface area contributed by atoms with Crippen molar-refractivity contribution in [2.24, 2.45) is 0 Å². The van der Waals surface area contributed by atoms with E-state index in [-0.39, 0.29) is 11.1 Å². The van der Waals surface area contributed by atoms with Gasteiger partial charge in [-0.15, -0.1) is 0 Å². The number of fused-ring (bicyclic) bond motifs is 3. The van der Waals surface area contributed by atoms with Crippen molar-refractivity contribution >= 4 is 22.7 Å². The Morgan fingerprint density at radius 3 is 1.50 bits per heavy atom. The summed E-state index contributed by atoms with van der Waals surface area (Å²) in [6.45, 7) is 9.16. The molecule has 6 heteroatoms. The van der Waals surface area contributed by atoms with Gasteiger partial charge in [-0.25, -0.2) is 19.9 Å². The third-order valence-corrected chi connectivity index (χ3v) is 8.44. The van der Waals surface area contributed by atoms with Gasteiger partial charge in [-0.2, -0.15) is 0 Å². The molecule has 40 heavy (non-hydrogen) atoms. The van der Waals surface area contributed by atoms with Crippen LogP contribution in [0, 0.1) is 0 Å². The molecule has 0 atom stereocenters. The molecule has 6 aromatic rings. The summed E-state index contributed by atoms with van der Waals surface area (Å²) in [4.78, 5) is 22.0. The van der Waals surface area contributed by atoms with E-state index in [1.165, 1.54) is 0 Å². The number of anilines is 2. The SMILES string of the molecule is CC1(C)N(c2ccc(-c3nc(-c4ccccc4)nc(-c4ccccc4)n3)cc2)c2nc3ccccc3n2C1(C)C. The highest BCUT2D eigenvalue weighted by molar-refractivity contribution is 5.83. The van der Waals surface area contributed by atoms with Crippen LogP contribution in [0.25, 0.3) is 45.2 Å². The van der Waals surface area contributed by atoms with Gasteiger partial charge in [0, 0.05) is 22.4 Å². The summed E-state index contributed by atoms with van der Waals surface area (Å²) in [7, 11) is 0. The Labute approximate surface area is 234 Å². The van der Waals surface area contributed by atoms with Crippen LogP contribution in [-0.2, 0) is 5.54 Å². The number of imidazole rings is 1. The van der Waals surface area contributed by atoms with Crippen molar-refractivity contribution in [3.63, 3.8) is 0 Å². The number of para-hydroxylation sites is 2. The maximum Gasteiger partial charge on any atom is 0.212 e. The van der Waals surface area contributed by atoms with Crippen molar-refractivity contribution in [2.45, 2.75) is 38.8 Å². The molecule has 1 aliphatic heterocycles. The Balaban J connectivity index is 1.33. The van der Waals surface area contributed by atoms with Crippen LogP contribution in [0.3, 0.4) is 0 Å². The lowest BCUT2D eigenvalue weighted by molar-refractivity contribution is 0.253. The fourth-order valence-electron chi connectivity index (χ4n) is 5.65. The van der Waals surface area contributed by atoms with E-state index >= 15 is 0 Å². The predicted molar refractivity (Wildman–Crippen MR) is 161 cm³/mol. The highest BCUT2D eigenvalue weighted by atomic mass is 15.4. The summed E-state index contributed by atoms with van der Waals surface area (Å²) in [6, 6.07) is 37.0. The van der Waals surface area contributed by atoms with Crippen molar-refractivity contribution in [1.82, 2.24) is 24.5 Å². The molecule has 0 spiro atoms. The van der Waals surface area contributed by atoms with Gasteiger partial charge in [-0.1, -0.05) is 72.8 Å². The summed E-state index contributed by atoms with van der Waals surface area (Å²) >= 11 is 0. The van der Waals surface area contributed by atoms with Crippen molar-refractivity contribution in [3.8, 4) is 34.2 Å². The van der Waals surface area contributed by atoms with Crippen molar-refractivity contribution in [1.29, 1.82) is 0 Å². The van der Waals surface area contributed by atoms with E-state index in [0.717, 1.165) is 39.4 Å². The fraction of sp³-hybridized carbons (Fsp3) is 0.176. The third-order valence-electron chi connectivity index (χ3n) is 8.44. The highest BCUT2D eigenvalue weighted by Gasteiger charge is 2.53. The van der Waals surface area contributed by atoms with Crippen molar-refractivity contribution in [3.05, 3.63) is 109 Å². The molecule has 0 saturated heterocycles. The van der Waals surface area contributed by atoms with Crippen LogP contribution < -0.4 is 4.90 Å².